The van der Waals surface area contributed by atoms with Crippen LogP contribution in [0.2, 0.25) is 0 Å². The molecule has 0 spiro atoms. The molecule has 0 aliphatic heterocycles. The Morgan fingerprint density at radius 1 is 1.14 bits per heavy atom. The summed E-state index contributed by atoms with van der Waals surface area (Å²) >= 11 is 1.10. The number of aromatic nitrogens is 2. The standard InChI is InChI=1S/C21H21N3O4S/c1-13-8-9-15(10-14(13)2)22-18(25)12-29-21-23-17-7-5-4-6-16(17)20(27)24(21)11-19(26)28-3/h4-10H,11-12H2,1-3H3,(H,22,25). The van der Waals surface area contributed by atoms with E-state index in [1.165, 1.54) is 11.7 Å². The summed E-state index contributed by atoms with van der Waals surface area (Å²) in [6, 6.07) is 12.6. The Hall–Kier alpha value is -3.13. The summed E-state index contributed by atoms with van der Waals surface area (Å²) < 4.78 is 5.92. The summed E-state index contributed by atoms with van der Waals surface area (Å²) in [6.07, 6.45) is 0. The number of fused-ring (bicyclic) bond motifs is 1. The molecule has 0 atom stereocenters. The average Bonchev–Trinajstić information content (AvgIpc) is 2.71. The first-order valence-electron chi connectivity index (χ1n) is 8.95. The second-order valence-electron chi connectivity index (χ2n) is 6.51. The topological polar surface area (TPSA) is 90.3 Å². The molecule has 0 aliphatic rings. The van der Waals surface area contributed by atoms with Crippen LogP contribution in [0.5, 0.6) is 0 Å². The maximum absolute atomic E-state index is 12.8. The number of hydrogen-bond donors (Lipinski definition) is 1. The number of hydrogen-bond acceptors (Lipinski definition) is 6. The number of carbonyl (C=O) groups excluding carboxylic acids is 2. The average molecular weight is 411 g/mol. The van der Waals surface area contributed by atoms with Crippen LogP contribution in [-0.4, -0.2) is 34.3 Å². The quantitative estimate of drug-likeness (QED) is 0.381. The SMILES string of the molecule is COC(=O)Cn1c(SCC(=O)Nc2ccc(C)c(C)c2)nc2ccccc2c1=O. The van der Waals surface area contributed by atoms with E-state index in [1.807, 2.05) is 32.0 Å². The number of thioether (sulfide) groups is 1. The lowest BCUT2D eigenvalue weighted by molar-refractivity contribution is -0.141. The van der Waals surface area contributed by atoms with Gasteiger partial charge in [0.1, 0.15) is 6.54 Å². The van der Waals surface area contributed by atoms with Crippen LogP contribution in [0.15, 0.2) is 52.4 Å². The predicted octanol–water partition coefficient (Wildman–Crippen LogP) is 2.92. The van der Waals surface area contributed by atoms with Crippen LogP contribution in [0, 0.1) is 13.8 Å². The van der Waals surface area contributed by atoms with Crippen molar-refractivity contribution >= 4 is 40.2 Å². The number of methoxy groups -OCH3 is 1. The summed E-state index contributed by atoms with van der Waals surface area (Å²) in [4.78, 5) is 41.4. The van der Waals surface area contributed by atoms with Crippen LogP contribution in [0.4, 0.5) is 5.69 Å². The normalized spacial score (nSPS) is 10.7. The van der Waals surface area contributed by atoms with Crippen LogP contribution in [-0.2, 0) is 20.9 Å². The molecule has 1 amide bonds. The number of esters is 1. The molecule has 0 saturated heterocycles. The van der Waals surface area contributed by atoms with Gasteiger partial charge in [-0.05, 0) is 49.2 Å². The zero-order chi connectivity index (χ0) is 21.0. The molecule has 1 N–H and O–H groups in total. The molecular formula is C21H21N3O4S. The molecular weight excluding hydrogens is 390 g/mol. The Balaban J connectivity index is 1.83. The lowest BCUT2D eigenvalue weighted by Gasteiger charge is -2.12. The molecule has 0 bridgehead atoms. The molecule has 0 radical (unpaired) electrons. The molecule has 1 heterocycles. The summed E-state index contributed by atoms with van der Waals surface area (Å²) in [5, 5.41) is 3.53. The van der Waals surface area contributed by atoms with Gasteiger partial charge in [0.05, 0.1) is 23.8 Å². The van der Waals surface area contributed by atoms with Crippen LogP contribution in [0.3, 0.4) is 0 Å². The molecule has 3 aromatic rings. The van der Waals surface area contributed by atoms with Gasteiger partial charge in [-0.3, -0.25) is 19.0 Å². The predicted molar refractivity (Wildman–Crippen MR) is 113 cm³/mol. The highest BCUT2D eigenvalue weighted by atomic mass is 32.2. The number of benzene rings is 2. The Labute approximate surface area is 172 Å². The minimum atomic E-state index is -0.564. The Morgan fingerprint density at radius 3 is 2.62 bits per heavy atom. The number of para-hydroxylation sites is 1. The molecule has 7 nitrogen and oxygen atoms in total. The van der Waals surface area contributed by atoms with E-state index in [2.05, 4.69) is 15.0 Å². The van der Waals surface area contributed by atoms with Crippen molar-refractivity contribution in [2.75, 3.05) is 18.2 Å². The van der Waals surface area contributed by atoms with Gasteiger partial charge in [0.2, 0.25) is 5.91 Å². The molecule has 3 rings (SSSR count). The van der Waals surface area contributed by atoms with Crippen molar-refractivity contribution in [1.29, 1.82) is 0 Å². The Bertz CT molecular complexity index is 1140. The highest BCUT2D eigenvalue weighted by molar-refractivity contribution is 7.99. The monoisotopic (exact) mass is 411 g/mol. The number of rotatable bonds is 6. The summed E-state index contributed by atoms with van der Waals surface area (Å²) in [5.74, 6) is -0.755. The Morgan fingerprint density at radius 2 is 1.90 bits per heavy atom. The van der Waals surface area contributed by atoms with E-state index < -0.39 is 5.97 Å². The van der Waals surface area contributed by atoms with Crippen LogP contribution in [0.25, 0.3) is 10.9 Å². The smallest absolute Gasteiger partial charge is 0.325 e. The van der Waals surface area contributed by atoms with Gasteiger partial charge in [-0.15, -0.1) is 0 Å². The van der Waals surface area contributed by atoms with Crippen LogP contribution < -0.4 is 10.9 Å². The van der Waals surface area contributed by atoms with E-state index in [9.17, 15) is 14.4 Å². The molecule has 8 heteroatoms. The maximum atomic E-state index is 12.8. The van der Waals surface area contributed by atoms with Gasteiger partial charge in [0, 0.05) is 5.69 Å². The zero-order valence-electron chi connectivity index (χ0n) is 16.4. The number of amides is 1. The molecule has 1 aromatic heterocycles. The number of nitrogens with zero attached hydrogens (tertiary/aromatic N) is 2. The van der Waals surface area contributed by atoms with Crippen molar-refractivity contribution < 1.29 is 14.3 Å². The maximum Gasteiger partial charge on any atom is 0.325 e. The first kappa shape index (κ1) is 20.6. The fraction of sp³-hybridized carbons (Fsp3) is 0.238. The van der Waals surface area contributed by atoms with Crippen molar-refractivity contribution in [1.82, 2.24) is 9.55 Å². The second-order valence-corrected chi connectivity index (χ2v) is 7.46. The van der Waals surface area contributed by atoms with Crippen molar-refractivity contribution in [3.05, 3.63) is 63.9 Å². The van der Waals surface area contributed by atoms with Crippen LogP contribution >= 0.6 is 11.8 Å². The molecule has 29 heavy (non-hydrogen) atoms. The third-order valence-electron chi connectivity index (χ3n) is 4.46. The van der Waals surface area contributed by atoms with Gasteiger partial charge < -0.3 is 10.1 Å². The first-order valence-corrected chi connectivity index (χ1v) is 9.94. The molecule has 0 saturated carbocycles. The van der Waals surface area contributed by atoms with Gasteiger partial charge in [0.15, 0.2) is 5.16 Å². The molecule has 0 fully saturated rings. The molecule has 2 aromatic carbocycles. The third-order valence-corrected chi connectivity index (χ3v) is 5.44. The summed E-state index contributed by atoms with van der Waals surface area (Å²) in [7, 11) is 1.26. The van der Waals surface area contributed by atoms with Gasteiger partial charge in [-0.1, -0.05) is 30.0 Å². The largest absolute Gasteiger partial charge is 0.468 e. The molecule has 150 valence electrons. The van der Waals surface area contributed by atoms with Gasteiger partial charge in [0.25, 0.3) is 5.56 Å². The number of nitrogens with one attached hydrogen (secondary N) is 1. The number of carbonyl (C=O) groups is 2. The van der Waals surface area contributed by atoms with E-state index in [0.717, 1.165) is 22.9 Å². The zero-order valence-corrected chi connectivity index (χ0v) is 17.2. The fourth-order valence-corrected chi connectivity index (χ4v) is 3.54. The first-order chi connectivity index (χ1) is 13.9. The van der Waals surface area contributed by atoms with Gasteiger partial charge in [-0.25, -0.2) is 4.98 Å². The number of anilines is 1. The highest BCUT2D eigenvalue weighted by Crippen LogP contribution is 2.19. The van der Waals surface area contributed by atoms with E-state index in [4.69, 9.17) is 0 Å². The van der Waals surface area contributed by atoms with Crippen LogP contribution in [0.1, 0.15) is 11.1 Å². The summed E-state index contributed by atoms with van der Waals surface area (Å²) in [6.45, 7) is 3.71. The van der Waals surface area contributed by atoms with Gasteiger partial charge in [-0.2, -0.15) is 0 Å². The third kappa shape index (κ3) is 4.83. The minimum Gasteiger partial charge on any atom is -0.468 e. The van der Waals surface area contributed by atoms with Crippen molar-refractivity contribution in [2.45, 2.75) is 25.5 Å². The number of ether oxygens (including phenoxy) is 1. The highest BCUT2D eigenvalue weighted by Gasteiger charge is 2.16. The lowest BCUT2D eigenvalue weighted by Crippen LogP contribution is -2.28. The van der Waals surface area contributed by atoms with E-state index in [0.29, 0.717) is 16.6 Å². The number of aryl methyl sites for hydroxylation is 2. The van der Waals surface area contributed by atoms with E-state index in [1.54, 1.807) is 24.3 Å². The van der Waals surface area contributed by atoms with E-state index in [-0.39, 0.29) is 28.9 Å². The fourth-order valence-electron chi connectivity index (χ4n) is 2.74. The minimum absolute atomic E-state index is 0.0406. The van der Waals surface area contributed by atoms with Gasteiger partial charge >= 0.3 is 5.97 Å². The Kier molecular flexibility index (Phi) is 6.33. The molecule has 0 aliphatic carbocycles. The van der Waals surface area contributed by atoms with Crippen molar-refractivity contribution in [3.63, 3.8) is 0 Å². The lowest BCUT2D eigenvalue weighted by atomic mass is 10.1. The second kappa shape index (κ2) is 8.91. The molecule has 0 unspecified atom stereocenters. The van der Waals surface area contributed by atoms with E-state index >= 15 is 0 Å². The summed E-state index contributed by atoms with van der Waals surface area (Å²) in [5.41, 5.74) is 3.09. The van der Waals surface area contributed by atoms with Crippen molar-refractivity contribution in [2.24, 2.45) is 0 Å². The van der Waals surface area contributed by atoms with Crippen molar-refractivity contribution in [3.8, 4) is 0 Å².